The highest BCUT2D eigenvalue weighted by atomic mass is 15.0. The normalized spacial score (nSPS) is 23.2. The van der Waals surface area contributed by atoms with Gasteiger partial charge in [0.25, 0.3) is 0 Å². The van der Waals surface area contributed by atoms with E-state index in [1.54, 1.807) is 0 Å². The highest BCUT2D eigenvalue weighted by molar-refractivity contribution is 5.96. The third-order valence-electron chi connectivity index (χ3n) is 11.5. The molecule has 0 saturated carbocycles. The first-order chi connectivity index (χ1) is 24.3. The number of fused-ring (bicyclic) bond motifs is 8. The number of hydrogen-bond acceptors (Lipinski definition) is 0. The van der Waals surface area contributed by atoms with Crippen molar-refractivity contribution >= 4 is 33.8 Å². The minimum absolute atomic E-state index is 0.273. The fourth-order valence-electron chi connectivity index (χ4n) is 9.23. The van der Waals surface area contributed by atoms with Gasteiger partial charge in [0.15, 0.2) is 0 Å². The Kier molecular flexibility index (Phi) is 6.79. The zero-order chi connectivity index (χ0) is 32.3. The Morgan fingerprint density at radius 3 is 2.35 bits per heavy atom. The maximum absolute atomic E-state index is 2.54. The van der Waals surface area contributed by atoms with Gasteiger partial charge >= 0.3 is 0 Å². The molecule has 1 heteroatoms. The van der Waals surface area contributed by atoms with E-state index in [2.05, 4.69) is 168 Å². The van der Waals surface area contributed by atoms with Crippen LogP contribution in [0, 0.1) is 11.8 Å². The quantitative estimate of drug-likeness (QED) is 0.186. The van der Waals surface area contributed by atoms with Crippen molar-refractivity contribution in [3.8, 4) is 0 Å². The van der Waals surface area contributed by atoms with Crippen molar-refractivity contribution < 1.29 is 0 Å². The van der Waals surface area contributed by atoms with Gasteiger partial charge in [-0.25, -0.2) is 0 Å². The van der Waals surface area contributed by atoms with Gasteiger partial charge in [-0.3, -0.25) is 0 Å². The molecule has 236 valence electrons. The van der Waals surface area contributed by atoms with Gasteiger partial charge in [0.1, 0.15) is 0 Å². The molecular formula is C48H39N. The van der Waals surface area contributed by atoms with Crippen molar-refractivity contribution in [1.82, 2.24) is 4.57 Å². The molecule has 0 amide bonds. The third-order valence-corrected chi connectivity index (χ3v) is 11.5. The van der Waals surface area contributed by atoms with Crippen molar-refractivity contribution in [1.29, 1.82) is 0 Å². The van der Waals surface area contributed by atoms with Gasteiger partial charge in [-0.1, -0.05) is 146 Å². The molecule has 5 aromatic rings. The average Bonchev–Trinajstić information content (AvgIpc) is 3.52. The lowest BCUT2D eigenvalue weighted by Crippen LogP contribution is -2.21. The van der Waals surface area contributed by atoms with Crippen LogP contribution in [0.3, 0.4) is 0 Å². The molecular weight excluding hydrogens is 591 g/mol. The van der Waals surface area contributed by atoms with Crippen LogP contribution in [0.4, 0.5) is 0 Å². The molecule has 5 aliphatic carbocycles. The summed E-state index contributed by atoms with van der Waals surface area (Å²) in [6, 6.07) is 36.5. The minimum atomic E-state index is 0.273. The Balaban J connectivity index is 1.03. The van der Waals surface area contributed by atoms with Gasteiger partial charge < -0.3 is 4.57 Å². The Hall–Kier alpha value is -5.40. The summed E-state index contributed by atoms with van der Waals surface area (Å²) in [5.41, 5.74) is 16.6. The number of aromatic nitrogens is 1. The summed E-state index contributed by atoms with van der Waals surface area (Å²) < 4.78 is 2.53. The van der Waals surface area contributed by atoms with Crippen molar-refractivity contribution in [2.75, 3.05) is 0 Å². The number of rotatable bonds is 4. The number of benzene rings is 4. The molecule has 4 atom stereocenters. The number of allylic oxidation sites excluding steroid dienone is 12. The Morgan fingerprint density at radius 2 is 1.49 bits per heavy atom. The molecule has 0 N–H and O–H groups in total. The predicted octanol–water partition coefficient (Wildman–Crippen LogP) is 11.9. The average molecular weight is 630 g/mol. The zero-order valence-electron chi connectivity index (χ0n) is 27.7. The van der Waals surface area contributed by atoms with Crippen LogP contribution in [0.25, 0.3) is 33.8 Å². The summed E-state index contributed by atoms with van der Waals surface area (Å²) in [6.45, 7) is 0. The fourth-order valence-corrected chi connectivity index (χ4v) is 9.23. The predicted molar refractivity (Wildman–Crippen MR) is 206 cm³/mol. The number of para-hydroxylation sites is 1. The Bertz CT molecular complexity index is 2340. The van der Waals surface area contributed by atoms with Gasteiger partial charge in [0, 0.05) is 34.8 Å². The second kappa shape index (κ2) is 11.6. The molecule has 0 bridgehead atoms. The Morgan fingerprint density at radius 1 is 0.653 bits per heavy atom. The first-order valence-electron chi connectivity index (χ1n) is 18.1. The first-order valence-corrected chi connectivity index (χ1v) is 18.1. The van der Waals surface area contributed by atoms with Crippen LogP contribution in [0.5, 0.6) is 0 Å². The van der Waals surface area contributed by atoms with Gasteiger partial charge in [-0.15, -0.1) is 0 Å². The summed E-state index contributed by atoms with van der Waals surface area (Å²) in [6.07, 6.45) is 30.5. The van der Waals surface area contributed by atoms with Crippen LogP contribution >= 0.6 is 0 Å². The third kappa shape index (κ3) is 4.67. The smallest absolute Gasteiger partial charge is 0.0537 e. The minimum Gasteiger partial charge on any atom is -0.310 e. The molecule has 1 heterocycles. The van der Waals surface area contributed by atoms with E-state index < -0.39 is 0 Å². The number of hydrogen-bond donors (Lipinski definition) is 0. The van der Waals surface area contributed by atoms with E-state index in [1.165, 1.54) is 72.4 Å². The van der Waals surface area contributed by atoms with E-state index >= 15 is 0 Å². The number of aryl methyl sites for hydroxylation is 1. The van der Waals surface area contributed by atoms with Crippen LogP contribution in [-0.4, -0.2) is 4.57 Å². The van der Waals surface area contributed by atoms with E-state index in [-0.39, 0.29) is 5.92 Å². The van der Waals surface area contributed by atoms with Crippen LogP contribution in [0.2, 0.25) is 0 Å². The van der Waals surface area contributed by atoms with Gasteiger partial charge in [-0.2, -0.15) is 0 Å². The van der Waals surface area contributed by atoms with E-state index in [0.29, 0.717) is 17.8 Å². The van der Waals surface area contributed by atoms with Crippen LogP contribution < -0.4 is 0 Å². The molecule has 0 aliphatic heterocycles. The topological polar surface area (TPSA) is 4.93 Å². The standard InChI is InChI=1S/C48H39N/c1-2-11-32(12-3-1)33-21-23-36(24-22-33)44-31-37-27-30-46-48(47(37)42-17-7-6-16-41(42)44)43-18-8-9-20-45(43)49(46)38-28-25-35(26-29-38)40-19-10-14-34-13-4-5-15-39(34)40/h1-9,11,13,15-25,27-32,35,37,47H,10,12,14,26H2. The molecule has 4 aromatic carbocycles. The van der Waals surface area contributed by atoms with E-state index in [0.717, 1.165) is 25.7 Å². The zero-order valence-corrected chi connectivity index (χ0v) is 27.7. The fraction of sp³-hybridized carbons (Fsp3) is 0.167. The summed E-state index contributed by atoms with van der Waals surface area (Å²) in [7, 11) is 0. The highest BCUT2D eigenvalue weighted by Crippen LogP contribution is 2.51. The second-order valence-corrected chi connectivity index (χ2v) is 14.2. The summed E-state index contributed by atoms with van der Waals surface area (Å²) in [5, 5.41) is 1.36. The molecule has 0 saturated heterocycles. The molecule has 10 rings (SSSR count). The molecule has 49 heavy (non-hydrogen) atoms. The van der Waals surface area contributed by atoms with Crippen molar-refractivity contribution in [3.05, 3.63) is 202 Å². The highest BCUT2D eigenvalue weighted by Gasteiger charge is 2.37. The molecule has 5 aliphatic rings. The number of nitrogens with zero attached hydrogens (tertiary/aromatic N) is 1. The van der Waals surface area contributed by atoms with E-state index in [9.17, 15) is 0 Å². The monoisotopic (exact) mass is 629 g/mol. The van der Waals surface area contributed by atoms with Gasteiger partial charge in [-0.05, 0) is 94.0 Å². The van der Waals surface area contributed by atoms with Crippen LogP contribution in [0.15, 0.2) is 158 Å². The SMILES string of the molecule is C1=CCC(c2ccc(C3=CC4C=Cc5c(c6ccccc6n5C5=CCC(C6=CCCc7ccccc76)C=C5)C4c4ccccc43)cc2)C=C1. The van der Waals surface area contributed by atoms with Crippen molar-refractivity contribution in [3.63, 3.8) is 0 Å². The summed E-state index contributed by atoms with van der Waals surface area (Å²) in [5.74, 6) is 1.45. The molecule has 1 aromatic heterocycles. The van der Waals surface area contributed by atoms with Gasteiger partial charge in [0.05, 0.1) is 11.2 Å². The molecule has 1 nitrogen and oxygen atoms in total. The van der Waals surface area contributed by atoms with Gasteiger partial charge in [0.2, 0.25) is 0 Å². The summed E-state index contributed by atoms with van der Waals surface area (Å²) >= 11 is 0. The lowest BCUT2D eigenvalue weighted by atomic mass is 9.69. The van der Waals surface area contributed by atoms with Crippen LogP contribution in [0.1, 0.15) is 75.7 Å². The largest absolute Gasteiger partial charge is 0.310 e. The van der Waals surface area contributed by atoms with Crippen LogP contribution in [-0.2, 0) is 6.42 Å². The van der Waals surface area contributed by atoms with E-state index in [1.807, 2.05) is 0 Å². The van der Waals surface area contributed by atoms with E-state index in [4.69, 9.17) is 0 Å². The second-order valence-electron chi connectivity index (χ2n) is 14.2. The maximum Gasteiger partial charge on any atom is 0.0537 e. The lowest BCUT2D eigenvalue weighted by Gasteiger charge is -2.34. The van der Waals surface area contributed by atoms with Crippen molar-refractivity contribution in [2.45, 2.75) is 37.5 Å². The Labute approximate surface area is 289 Å². The molecule has 0 spiro atoms. The molecule has 0 radical (unpaired) electrons. The maximum atomic E-state index is 2.54. The summed E-state index contributed by atoms with van der Waals surface area (Å²) in [4.78, 5) is 0. The lowest BCUT2D eigenvalue weighted by molar-refractivity contribution is 0.670. The molecule has 0 fully saturated rings. The van der Waals surface area contributed by atoms with Crippen molar-refractivity contribution in [2.24, 2.45) is 11.8 Å². The first kappa shape index (κ1) is 28.6. The molecule has 4 unspecified atom stereocenters.